The second-order valence-electron chi connectivity index (χ2n) is 9.87. The van der Waals surface area contributed by atoms with E-state index in [1.165, 1.54) is 16.3 Å². The van der Waals surface area contributed by atoms with Gasteiger partial charge in [0.15, 0.2) is 5.79 Å². The Morgan fingerprint density at radius 2 is 1.88 bits per heavy atom. The van der Waals surface area contributed by atoms with Crippen LogP contribution in [0.5, 0.6) is 0 Å². The van der Waals surface area contributed by atoms with Crippen molar-refractivity contribution in [1.82, 2.24) is 9.55 Å². The van der Waals surface area contributed by atoms with E-state index in [0.717, 1.165) is 39.7 Å². The molecule has 0 amide bonds. The highest BCUT2D eigenvalue weighted by molar-refractivity contribution is 9.10. The molecule has 3 heterocycles. The maximum absolute atomic E-state index is 6.44. The monoisotopic (exact) mass is 558 g/mol. The van der Waals surface area contributed by atoms with Crippen LogP contribution in [0.1, 0.15) is 38.3 Å². The normalized spacial score (nSPS) is 25.9. The first-order chi connectivity index (χ1) is 16.3. The lowest BCUT2D eigenvalue weighted by molar-refractivity contribution is -0.160. The first-order valence-electron chi connectivity index (χ1n) is 11.6. The number of halogens is 3. The lowest BCUT2D eigenvalue weighted by Gasteiger charge is -2.25. The molecule has 0 unspecified atom stereocenters. The third-order valence-corrected chi connectivity index (χ3v) is 8.75. The summed E-state index contributed by atoms with van der Waals surface area (Å²) in [5.74, 6) is -0.183. The summed E-state index contributed by atoms with van der Waals surface area (Å²) in [6, 6.07) is 15.0. The Morgan fingerprint density at radius 3 is 2.74 bits per heavy atom. The summed E-state index contributed by atoms with van der Waals surface area (Å²) >= 11 is 16.2. The van der Waals surface area contributed by atoms with E-state index < -0.39 is 5.79 Å². The van der Waals surface area contributed by atoms with Crippen molar-refractivity contribution < 1.29 is 9.47 Å². The number of hydrogen-bond acceptors (Lipinski definition) is 3. The van der Waals surface area contributed by atoms with Gasteiger partial charge in [0.05, 0.1) is 22.7 Å². The average molecular weight is 560 g/mol. The maximum atomic E-state index is 6.44. The van der Waals surface area contributed by atoms with Gasteiger partial charge in [-0.1, -0.05) is 41.4 Å². The van der Waals surface area contributed by atoms with E-state index in [2.05, 4.69) is 55.9 Å². The summed E-state index contributed by atoms with van der Waals surface area (Å²) in [7, 11) is 0. The smallest absolute Gasteiger partial charge is 0.163 e. The number of rotatable bonds is 4. The van der Waals surface area contributed by atoms with Crippen molar-refractivity contribution in [2.45, 2.75) is 57.1 Å². The molecule has 1 saturated carbocycles. The van der Waals surface area contributed by atoms with Crippen molar-refractivity contribution >= 4 is 60.8 Å². The first kappa shape index (κ1) is 22.8. The molecule has 0 bridgehead atoms. The Balaban J connectivity index is 1.27. The topological polar surface area (TPSA) is 36.3 Å². The zero-order chi connectivity index (χ0) is 23.6. The standard InChI is InChI=1S/C27H25BrCl2N2O2/c1-27(2)33-24-17(6-4-15-3-5-16-12-20(28)21(29)13-18(16)11-15)14-23(25(24)34-27)32-10-8-19-22(32)7-9-31-26(19)30/h3,5,7-13,17,23-25H,4,6,14H2,1-2H3/t17-,23+,24+,25-/m0/s1. The lowest BCUT2D eigenvalue weighted by atomic mass is 9.95. The van der Waals surface area contributed by atoms with Gasteiger partial charge in [0.1, 0.15) is 11.3 Å². The fourth-order valence-corrected chi connectivity index (χ4v) is 6.50. The van der Waals surface area contributed by atoms with E-state index in [9.17, 15) is 0 Å². The van der Waals surface area contributed by atoms with Gasteiger partial charge in [-0.25, -0.2) is 4.98 Å². The van der Waals surface area contributed by atoms with Gasteiger partial charge in [0, 0.05) is 22.3 Å². The van der Waals surface area contributed by atoms with E-state index >= 15 is 0 Å². The van der Waals surface area contributed by atoms with Crippen molar-refractivity contribution in [3.63, 3.8) is 0 Å². The van der Waals surface area contributed by atoms with Crippen LogP contribution in [0, 0.1) is 5.92 Å². The Labute approximate surface area is 217 Å². The largest absolute Gasteiger partial charge is 0.344 e. The van der Waals surface area contributed by atoms with Crippen LogP contribution >= 0.6 is 39.1 Å². The Morgan fingerprint density at radius 1 is 1.06 bits per heavy atom. The molecular weight excluding hydrogens is 535 g/mol. The molecule has 6 rings (SSSR count). The molecule has 7 heteroatoms. The summed E-state index contributed by atoms with van der Waals surface area (Å²) in [5.41, 5.74) is 2.41. The van der Waals surface area contributed by atoms with Crippen molar-refractivity contribution in [2.24, 2.45) is 5.92 Å². The second-order valence-corrected chi connectivity index (χ2v) is 11.5. The summed E-state index contributed by atoms with van der Waals surface area (Å²) in [6.45, 7) is 4.03. The molecule has 1 saturated heterocycles. The van der Waals surface area contributed by atoms with Gasteiger partial charge in [-0.05, 0) is 95.6 Å². The van der Waals surface area contributed by atoms with Gasteiger partial charge < -0.3 is 14.0 Å². The molecule has 2 aliphatic rings. The van der Waals surface area contributed by atoms with Crippen molar-refractivity contribution in [3.8, 4) is 0 Å². The SMILES string of the molecule is CC1(C)O[C@@H]2[C@@H](CCc3ccc4cc(Br)c(Cl)cc4c3)C[C@@H](n3ccc4c(Cl)nccc43)[C@@H]2O1. The summed E-state index contributed by atoms with van der Waals surface area (Å²) in [6.07, 6.45) is 6.98. The predicted octanol–water partition coefficient (Wildman–Crippen LogP) is 7.97. The van der Waals surface area contributed by atoms with Crippen LogP contribution < -0.4 is 0 Å². The molecular formula is C27H25BrCl2N2O2. The highest BCUT2D eigenvalue weighted by Gasteiger charge is 2.54. The van der Waals surface area contributed by atoms with E-state index in [0.29, 0.717) is 11.1 Å². The molecule has 0 spiro atoms. The van der Waals surface area contributed by atoms with Crippen molar-refractivity contribution in [2.75, 3.05) is 0 Å². The number of benzene rings is 2. The molecule has 2 aromatic carbocycles. The number of aromatic nitrogens is 2. The molecule has 2 fully saturated rings. The van der Waals surface area contributed by atoms with E-state index in [1.807, 2.05) is 32.0 Å². The van der Waals surface area contributed by atoms with Gasteiger partial charge in [0.25, 0.3) is 0 Å². The number of ether oxygens (including phenoxy) is 2. The average Bonchev–Trinajstić information content (AvgIpc) is 3.45. The molecule has 1 aliphatic heterocycles. The molecule has 4 nitrogen and oxygen atoms in total. The van der Waals surface area contributed by atoms with E-state index in [-0.39, 0.29) is 18.2 Å². The minimum Gasteiger partial charge on any atom is -0.344 e. The minimum absolute atomic E-state index is 0.00954. The Kier molecular flexibility index (Phi) is 5.70. The molecule has 0 N–H and O–H groups in total. The highest BCUT2D eigenvalue weighted by atomic mass is 79.9. The summed E-state index contributed by atoms with van der Waals surface area (Å²) in [5, 5.41) is 4.60. The van der Waals surface area contributed by atoms with Gasteiger partial charge in [0.2, 0.25) is 0 Å². The highest BCUT2D eigenvalue weighted by Crippen LogP contribution is 2.49. The van der Waals surface area contributed by atoms with Crippen LogP contribution in [0.15, 0.2) is 59.3 Å². The zero-order valence-electron chi connectivity index (χ0n) is 19.0. The van der Waals surface area contributed by atoms with Gasteiger partial charge >= 0.3 is 0 Å². The maximum Gasteiger partial charge on any atom is 0.163 e. The van der Waals surface area contributed by atoms with E-state index in [1.54, 1.807) is 6.20 Å². The fourth-order valence-electron chi connectivity index (χ4n) is 5.75. The Bertz CT molecular complexity index is 1400. The summed E-state index contributed by atoms with van der Waals surface area (Å²) in [4.78, 5) is 4.23. The molecule has 4 aromatic rings. The van der Waals surface area contributed by atoms with Crippen LogP contribution in [0.25, 0.3) is 21.7 Å². The number of aryl methyl sites for hydroxylation is 1. The summed E-state index contributed by atoms with van der Waals surface area (Å²) < 4.78 is 16.1. The fraction of sp³-hybridized carbons (Fsp3) is 0.370. The van der Waals surface area contributed by atoms with Gasteiger partial charge in [-0.2, -0.15) is 0 Å². The third-order valence-electron chi connectivity index (χ3n) is 7.26. The quantitative estimate of drug-likeness (QED) is 0.238. The van der Waals surface area contributed by atoms with Crippen LogP contribution in [0.4, 0.5) is 0 Å². The number of hydrogen-bond donors (Lipinski definition) is 0. The van der Waals surface area contributed by atoms with Crippen LogP contribution in [0.3, 0.4) is 0 Å². The lowest BCUT2D eigenvalue weighted by Crippen LogP contribution is -2.27. The molecule has 2 aromatic heterocycles. The number of pyridine rings is 1. The first-order valence-corrected chi connectivity index (χ1v) is 13.2. The second kappa shape index (κ2) is 8.49. The molecule has 4 atom stereocenters. The zero-order valence-corrected chi connectivity index (χ0v) is 22.1. The predicted molar refractivity (Wildman–Crippen MR) is 141 cm³/mol. The van der Waals surface area contributed by atoms with Crippen LogP contribution in [0.2, 0.25) is 10.2 Å². The van der Waals surface area contributed by atoms with Crippen molar-refractivity contribution in [1.29, 1.82) is 0 Å². The molecule has 176 valence electrons. The van der Waals surface area contributed by atoms with Crippen LogP contribution in [-0.2, 0) is 15.9 Å². The van der Waals surface area contributed by atoms with Gasteiger partial charge in [-0.3, -0.25) is 0 Å². The number of nitrogens with zero attached hydrogens (tertiary/aromatic N) is 2. The molecule has 34 heavy (non-hydrogen) atoms. The van der Waals surface area contributed by atoms with Crippen molar-refractivity contribution in [3.05, 3.63) is 75.1 Å². The van der Waals surface area contributed by atoms with E-state index in [4.69, 9.17) is 32.7 Å². The van der Waals surface area contributed by atoms with Crippen LogP contribution in [-0.4, -0.2) is 27.5 Å². The molecule has 0 radical (unpaired) electrons. The molecule has 1 aliphatic carbocycles. The number of fused-ring (bicyclic) bond motifs is 3. The van der Waals surface area contributed by atoms with Gasteiger partial charge in [-0.15, -0.1) is 0 Å². The third kappa shape index (κ3) is 3.96. The Hall–Kier alpha value is -1.63. The minimum atomic E-state index is -0.582.